The van der Waals surface area contributed by atoms with Crippen LogP contribution in [0.2, 0.25) is 4.47 Å². The van der Waals surface area contributed by atoms with Crippen LogP contribution in [0.1, 0.15) is 17.8 Å². The molecule has 4 heteroatoms. The Morgan fingerprint density at radius 2 is 1.86 bits per heavy atom. The molecule has 118 valence electrons. The fourth-order valence-electron chi connectivity index (χ4n) is 2.09. The quantitative estimate of drug-likeness (QED) is 0.469. The maximum absolute atomic E-state index is 5.73. The summed E-state index contributed by atoms with van der Waals surface area (Å²) in [6.45, 7) is 3.73. The zero-order chi connectivity index (χ0) is 15.6. The molecule has 0 spiro atoms. The minimum atomic E-state index is -0.137. The Hall–Kier alpha value is -1.08. The zero-order valence-corrected chi connectivity index (χ0v) is 15.6. The van der Waals surface area contributed by atoms with Crippen molar-refractivity contribution in [2.45, 2.75) is 24.2 Å². The van der Waals surface area contributed by atoms with E-state index in [1.54, 1.807) is 7.11 Å². The number of ether oxygens (including phenoxy) is 2. The molecule has 2 rings (SSSR count). The van der Waals surface area contributed by atoms with Gasteiger partial charge in [-0.3, -0.25) is 0 Å². The van der Waals surface area contributed by atoms with Gasteiger partial charge in [-0.25, -0.2) is 0 Å². The molecule has 0 amide bonds. The predicted octanol–water partition coefficient (Wildman–Crippen LogP) is 2.80. The van der Waals surface area contributed by atoms with Gasteiger partial charge in [0.05, 0.1) is 0 Å². The topological polar surface area (TPSA) is 31.4 Å². The van der Waals surface area contributed by atoms with Crippen LogP contribution in [0.3, 0.4) is 0 Å². The van der Waals surface area contributed by atoms with Crippen LogP contribution in [-0.2, 0) is 11.2 Å². The summed E-state index contributed by atoms with van der Waals surface area (Å²) in [5.41, 5.74) is 2.25. The summed E-state index contributed by atoms with van der Waals surface area (Å²) in [4.78, 5) is 4.50. The van der Waals surface area contributed by atoms with Crippen molar-refractivity contribution >= 4 is 24.5 Å². The van der Waals surface area contributed by atoms with E-state index in [9.17, 15) is 0 Å². The SMILES string of the molecule is COc1ccc([Te]CCOCCCc2cccc(C)n2)cc1. The summed E-state index contributed by atoms with van der Waals surface area (Å²) < 4.78 is 13.5. The molecule has 0 aliphatic heterocycles. The molecule has 0 aliphatic carbocycles. The average Bonchev–Trinajstić information content (AvgIpc) is 2.54. The molecule has 0 saturated heterocycles. The van der Waals surface area contributed by atoms with E-state index in [1.165, 1.54) is 8.08 Å². The van der Waals surface area contributed by atoms with Gasteiger partial charge in [-0.15, -0.1) is 0 Å². The summed E-state index contributed by atoms with van der Waals surface area (Å²) >= 11 is -0.137. The molecule has 0 radical (unpaired) electrons. The van der Waals surface area contributed by atoms with Gasteiger partial charge in [0.1, 0.15) is 0 Å². The normalized spacial score (nSPS) is 10.6. The second-order valence-corrected chi connectivity index (χ2v) is 8.34. The molecule has 22 heavy (non-hydrogen) atoms. The first-order valence-corrected chi connectivity index (χ1v) is 10.4. The van der Waals surface area contributed by atoms with E-state index in [4.69, 9.17) is 9.47 Å². The number of hydrogen-bond acceptors (Lipinski definition) is 3. The summed E-state index contributed by atoms with van der Waals surface area (Å²) in [7, 11) is 1.70. The fraction of sp³-hybridized carbons (Fsp3) is 0.389. The molecule has 0 atom stereocenters. The molecular formula is C18H23NO2Te. The van der Waals surface area contributed by atoms with Crippen molar-refractivity contribution < 1.29 is 9.47 Å². The third-order valence-corrected chi connectivity index (χ3v) is 6.01. The van der Waals surface area contributed by atoms with Gasteiger partial charge in [-0.2, -0.15) is 0 Å². The number of aromatic nitrogens is 1. The maximum atomic E-state index is 5.73. The molecule has 0 bridgehead atoms. The van der Waals surface area contributed by atoms with Crippen LogP contribution in [-0.4, -0.2) is 46.2 Å². The van der Waals surface area contributed by atoms with Gasteiger partial charge < -0.3 is 0 Å². The molecule has 0 N–H and O–H groups in total. The van der Waals surface area contributed by atoms with Crippen molar-refractivity contribution in [3.63, 3.8) is 0 Å². The number of hydrogen-bond donors (Lipinski definition) is 0. The number of rotatable bonds is 9. The van der Waals surface area contributed by atoms with Crippen molar-refractivity contribution in [2.24, 2.45) is 0 Å². The molecule has 1 aromatic heterocycles. The van der Waals surface area contributed by atoms with Crippen LogP contribution in [0, 0.1) is 6.92 Å². The van der Waals surface area contributed by atoms with Crippen LogP contribution >= 0.6 is 0 Å². The van der Waals surface area contributed by atoms with E-state index in [0.717, 1.165) is 43.2 Å². The zero-order valence-electron chi connectivity index (χ0n) is 13.2. The van der Waals surface area contributed by atoms with E-state index in [1.807, 2.05) is 25.1 Å². The van der Waals surface area contributed by atoms with Crippen molar-refractivity contribution in [3.05, 3.63) is 53.9 Å². The Labute approximate surface area is 143 Å². The van der Waals surface area contributed by atoms with E-state index in [0.29, 0.717) is 0 Å². The van der Waals surface area contributed by atoms with Gasteiger partial charge in [-0.05, 0) is 0 Å². The predicted molar refractivity (Wildman–Crippen MR) is 91.3 cm³/mol. The first-order valence-electron chi connectivity index (χ1n) is 7.55. The molecule has 1 heterocycles. The van der Waals surface area contributed by atoms with Crippen LogP contribution in [0.15, 0.2) is 42.5 Å². The average molecular weight is 413 g/mol. The Morgan fingerprint density at radius 3 is 2.59 bits per heavy atom. The first-order chi connectivity index (χ1) is 10.8. The number of methoxy groups -OCH3 is 1. The van der Waals surface area contributed by atoms with Gasteiger partial charge in [0.2, 0.25) is 0 Å². The number of aryl methyl sites for hydroxylation is 2. The van der Waals surface area contributed by atoms with E-state index in [-0.39, 0.29) is 20.9 Å². The third-order valence-electron chi connectivity index (χ3n) is 3.22. The molecule has 0 fully saturated rings. The number of benzene rings is 1. The minimum absolute atomic E-state index is 0.137. The monoisotopic (exact) mass is 415 g/mol. The van der Waals surface area contributed by atoms with Crippen LogP contribution in [0.4, 0.5) is 0 Å². The summed E-state index contributed by atoms with van der Waals surface area (Å²) in [5.74, 6) is 0.928. The molecule has 3 nitrogen and oxygen atoms in total. The Bertz CT molecular complexity index is 557. The second kappa shape index (κ2) is 9.84. The summed E-state index contributed by atoms with van der Waals surface area (Å²) in [6, 6.07) is 14.6. The number of nitrogens with zero attached hydrogens (tertiary/aromatic N) is 1. The van der Waals surface area contributed by atoms with Gasteiger partial charge in [0.25, 0.3) is 0 Å². The van der Waals surface area contributed by atoms with Gasteiger partial charge in [0.15, 0.2) is 0 Å². The molecular weight excluding hydrogens is 390 g/mol. The van der Waals surface area contributed by atoms with E-state index in [2.05, 4.69) is 29.2 Å². The Balaban J connectivity index is 1.54. The van der Waals surface area contributed by atoms with Crippen molar-refractivity contribution in [1.82, 2.24) is 4.98 Å². The molecule has 0 aliphatic rings. The van der Waals surface area contributed by atoms with Crippen LogP contribution in [0.25, 0.3) is 0 Å². The fourth-order valence-corrected chi connectivity index (χ4v) is 4.27. The third kappa shape index (κ3) is 6.35. The van der Waals surface area contributed by atoms with E-state index < -0.39 is 0 Å². The second-order valence-electron chi connectivity index (χ2n) is 5.01. The van der Waals surface area contributed by atoms with Crippen molar-refractivity contribution in [3.8, 4) is 5.75 Å². The van der Waals surface area contributed by atoms with Crippen molar-refractivity contribution in [1.29, 1.82) is 0 Å². The van der Waals surface area contributed by atoms with Crippen LogP contribution in [0.5, 0.6) is 5.75 Å². The van der Waals surface area contributed by atoms with Crippen LogP contribution < -0.4 is 8.35 Å². The standard InChI is InChI=1S/C18H23NO2Te/c1-15-5-3-6-16(19-15)7-4-12-21-13-14-22-18-10-8-17(20-2)9-11-18/h3,5-6,8-11H,4,7,12-14H2,1-2H3. The van der Waals surface area contributed by atoms with E-state index >= 15 is 0 Å². The molecule has 0 unspecified atom stereocenters. The molecule has 2 aromatic rings. The summed E-state index contributed by atoms with van der Waals surface area (Å²) in [6.07, 6.45) is 2.04. The van der Waals surface area contributed by atoms with Gasteiger partial charge >= 0.3 is 143 Å². The van der Waals surface area contributed by atoms with Gasteiger partial charge in [-0.1, -0.05) is 0 Å². The van der Waals surface area contributed by atoms with Gasteiger partial charge in [0, 0.05) is 0 Å². The number of pyridine rings is 1. The Morgan fingerprint density at radius 1 is 1.05 bits per heavy atom. The first kappa shape index (κ1) is 17.3. The summed E-state index contributed by atoms with van der Waals surface area (Å²) in [5, 5.41) is 0. The van der Waals surface area contributed by atoms with Crippen molar-refractivity contribution in [2.75, 3.05) is 20.3 Å². The molecule has 0 saturated carbocycles. The molecule has 1 aromatic carbocycles. The Kier molecular flexibility index (Phi) is 7.73.